The molecule has 2 aliphatic heterocycles. The molecular weight excluding hydrogens is 543 g/mol. The highest BCUT2D eigenvalue weighted by Gasteiger charge is 2.54. The van der Waals surface area contributed by atoms with Gasteiger partial charge in [0.25, 0.3) is 0 Å². The molecule has 4 heterocycles. The number of nitrogens with one attached hydrogen (secondary N) is 1. The zero-order valence-electron chi connectivity index (χ0n) is 22.9. The first-order valence-corrected chi connectivity index (χ1v) is 16.2. The summed E-state index contributed by atoms with van der Waals surface area (Å²) in [5.41, 5.74) is 10.4. The number of halogens is 1. The van der Waals surface area contributed by atoms with E-state index in [4.69, 9.17) is 20.4 Å². The number of nitrogens with zero attached hydrogens (tertiary/aromatic N) is 6. The van der Waals surface area contributed by atoms with Gasteiger partial charge in [-0.15, -0.1) is 0 Å². The highest BCUT2D eigenvalue weighted by Crippen LogP contribution is 2.50. The second-order valence-corrected chi connectivity index (χ2v) is 14.9. The van der Waals surface area contributed by atoms with Crippen LogP contribution in [0, 0.1) is 23.6 Å². The molecule has 0 radical (unpaired) electrons. The Balaban J connectivity index is 1.04. The molecule has 12 heteroatoms. The van der Waals surface area contributed by atoms with Crippen LogP contribution in [0.3, 0.4) is 0 Å². The normalized spacial score (nSPS) is 25.7. The first-order chi connectivity index (χ1) is 19.8. The van der Waals surface area contributed by atoms with E-state index in [0.717, 1.165) is 52.7 Å². The Labute approximate surface area is 238 Å². The lowest BCUT2D eigenvalue weighted by atomic mass is 10.0. The molecule has 8 rings (SSSR count). The van der Waals surface area contributed by atoms with Gasteiger partial charge in [0.05, 0.1) is 23.3 Å². The van der Waals surface area contributed by atoms with E-state index in [1.54, 1.807) is 25.5 Å². The highest BCUT2D eigenvalue weighted by atomic mass is 32.2. The van der Waals surface area contributed by atoms with Gasteiger partial charge in [0.15, 0.2) is 5.75 Å². The highest BCUT2D eigenvalue weighted by molar-refractivity contribution is 8.01. The van der Waals surface area contributed by atoms with Gasteiger partial charge >= 0.3 is 6.01 Å². The van der Waals surface area contributed by atoms with E-state index in [1.165, 1.54) is 18.9 Å². The molecule has 214 valence electrons. The molecule has 3 aliphatic carbocycles. The quantitative estimate of drug-likeness (QED) is 0.303. The van der Waals surface area contributed by atoms with Crippen molar-refractivity contribution in [3.8, 4) is 22.9 Å². The van der Waals surface area contributed by atoms with Crippen LogP contribution in [-0.4, -0.2) is 80.3 Å². The van der Waals surface area contributed by atoms with Crippen LogP contribution in [-0.2, 0) is 15.9 Å². The predicted molar refractivity (Wildman–Crippen MR) is 158 cm³/mol. The van der Waals surface area contributed by atoms with Crippen molar-refractivity contribution in [2.24, 2.45) is 23.5 Å². The average molecular weight is 577 g/mol. The van der Waals surface area contributed by atoms with Crippen LogP contribution in [0.4, 0.5) is 21.8 Å². The lowest BCUT2D eigenvalue weighted by Crippen LogP contribution is -2.56. The van der Waals surface area contributed by atoms with Crippen molar-refractivity contribution in [3.05, 3.63) is 41.6 Å². The van der Waals surface area contributed by atoms with Crippen molar-refractivity contribution in [3.63, 3.8) is 0 Å². The number of benzene rings is 1. The molecule has 3 unspecified atom stereocenters. The van der Waals surface area contributed by atoms with Crippen LogP contribution in [0.2, 0.25) is 0 Å². The lowest BCUT2D eigenvalue weighted by Gasteiger charge is -2.40. The summed E-state index contributed by atoms with van der Waals surface area (Å²) in [6.45, 7) is 2.94. The molecule has 3 atom stereocenters. The first-order valence-electron chi connectivity index (χ1n) is 14.3. The zero-order chi connectivity index (χ0) is 28.0. The summed E-state index contributed by atoms with van der Waals surface area (Å²) in [7, 11) is -0.275. The third kappa shape index (κ3) is 4.30. The van der Waals surface area contributed by atoms with E-state index < -0.39 is 9.52 Å². The summed E-state index contributed by atoms with van der Waals surface area (Å²) in [5, 5.41) is 3.21. The molecule has 0 bridgehead atoms. The number of ether oxygens (including phenoxy) is 1. The van der Waals surface area contributed by atoms with Gasteiger partial charge in [-0.05, 0) is 69.2 Å². The standard InChI is InChI=1S/C29H33FN8O2S/c1-32-23-6-16(30)5-20-19(23)7-24-25(20)27(37-12-21-22(13-37)26(21)31)36-29(35-24)40-17-8-33-28(34-9-17)38-10-18(11-38)41(2,39)14-15-3-4-15/h5-6,8-9,15,18,21-22,26,32H,2-4,7,10-14,31H2,1H3. The Morgan fingerprint density at radius 1 is 1.12 bits per heavy atom. The van der Waals surface area contributed by atoms with E-state index >= 15 is 0 Å². The van der Waals surface area contributed by atoms with Gasteiger partial charge < -0.3 is 25.6 Å². The Morgan fingerprint density at radius 2 is 1.85 bits per heavy atom. The Kier molecular flexibility index (Phi) is 5.53. The molecule has 41 heavy (non-hydrogen) atoms. The summed E-state index contributed by atoms with van der Waals surface area (Å²) in [6.07, 6.45) is 6.14. The number of aromatic nitrogens is 4. The Bertz CT molecular complexity index is 1640. The maximum Gasteiger partial charge on any atom is 0.324 e. The Morgan fingerprint density at radius 3 is 2.54 bits per heavy atom. The summed E-state index contributed by atoms with van der Waals surface area (Å²) in [6, 6.07) is 3.54. The molecule has 0 amide bonds. The number of anilines is 3. The number of rotatable bonds is 8. The summed E-state index contributed by atoms with van der Waals surface area (Å²) in [5.74, 6) is 7.76. The van der Waals surface area contributed by atoms with Gasteiger partial charge in [-0.2, -0.15) is 9.97 Å². The number of hydrogen-bond donors (Lipinski definition) is 2. The molecular formula is C29H33FN8O2S. The summed E-state index contributed by atoms with van der Waals surface area (Å²) < 4.78 is 33.6. The molecule has 2 saturated carbocycles. The minimum absolute atomic E-state index is 0.0908. The molecule has 2 saturated heterocycles. The number of hydrogen-bond acceptors (Lipinski definition) is 10. The number of fused-ring (bicyclic) bond motifs is 4. The maximum atomic E-state index is 14.6. The van der Waals surface area contributed by atoms with Gasteiger partial charge in [-0.1, -0.05) is 0 Å². The minimum Gasteiger partial charge on any atom is -0.421 e. The summed E-state index contributed by atoms with van der Waals surface area (Å²) in [4.78, 5) is 22.8. The molecule has 1 aromatic carbocycles. The van der Waals surface area contributed by atoms with Crippen LogP contribution >= 0.6 is 0 Å². The van der Waals surface area contributed by atoms with E-state index in [9.17, 15) is 8.60 Å². The van der Waals surface area contributed by atoms with Gasteiger partial charge in [0, 0.05) is 62.7 Å². The van der Waals surface area contributed by atoms with E-state index in [-0.39, 0.29) is 23.1 Å². The molecule has 5 aliphatic rings. The van der Waals surface area contributed by atoms with Crippen molar-refractivity contribution < 1.29 is 13.3 Å². The van der Waals surface area contributed by atoms with Crippen molar-refractivity contribution in [1.29, 1.82) is 0 Å². The third-order valence-corrected chi connectivity index (χ3v) is 11.9. The van der Waals surface area contributed by atoms with Crippen LogP contribution in [0.25, 0.3) is 11.1 Å². The maximum absolute atomic E-state index is 14.6. The SMILES string of the molecule is C=S(=O)(CC1CC1)C1CN(c2ncc(Oc3nc4c(c(N5CC6C(N)C6C5)n3)-c3cc(F)cc(NC)c3C4)cn2)C1. The smallest absolute Gasteiger partial charge is 0.324 e. The minimum atomic E-state index is -2.07. The molecule has 2 aromatic heterocycles. The van der Waals surface area contributed by atoms with Crippen LogP contribution < -0.4 is 25.6 Å². The zero-order valence-corrected chi connectivity index (χ0v) is 23.7. The third-order valence-electron chi connectivity index (χ3n) is 9.38. The fourth-order valence-electron chi connectivity index (χ4n) is 6.66. The van der Waals surface area contributed by atoms with Crippen LogP contribution in [0.5, 0.6) is 11.8 Å². The fourth-order valence-corrected chi connectivity index (χ4v) is 8.97. The van der Waals surface area contributed by atoms with Gasteiger partial charge in [-0.3, -0.25) is 4.21 Å². The number of piperidine rings is 1. The lowest BCUT2D eigenvalue weighted by molar-refractivity contribution is 0.435. The molecule has 4 fully saturated rings. The van der Waals surface area contributed by atoms with Crippen molar-refractivity contribution in [2.75, 3.05) is 54.1 Å². The second kappa shape index (κ2) is 8.99. The van der Waals surface area contributed by atoms with Crippen molar-refractivity contribution >= 4 is 32.8 Å². The van der Waals surface area contributed by atoms with E-state index in [1.807, 2.05) is 4.90 Å². The molecule has 3 aromatic rings. The topological polar surface area (TPSA) is 122 Å². The predicted octanol–water partition coefficient (Wildman–Crippen LogP) is 2.52. The van der Waals surface area contributed by atoms with Crippen LogP contribution in [0.1, 0.15) is 24.1 Å². The van der Waals surface area contributed by atoms with Gasteiger partial charge in [0.2, 0.25) is 5.95 Å². The first kappa shape index (κ1) is 25.2. The fraction of sp³-hybridized carbons (Fsp3) is 0.483. The monoisotopic (exact) mass is 576 g/mol. The largest absolute Gasteiger partial charge is 0.421 e. The van der Waals surface area contributed by atoms with Gasteiger partial charge in [-0.25, -0.2) is 14.4 Å². The summed E-state index contributed by atoms with van der Waals surface area (Å²) >= 11 is 0. The average Bonchev–Trinajstić information content (AvgIpc) is 3.71. The Hall–Kier alpha value is -3.51. The molecule has 0 spiro atoms. The van der Waals surface area contributed by atoms with E-state index in [0.29, 0.717) is 49.0 Å². The molecule has 3 N–H and O–H groups in total. The van der Waals surface area contributed by atoms with Crippen molar-refractivity contribution in [1.82, 2.24) is 19.9 Å². The van der Waals surface area contributed by atoms with Crippen LogP contribution in [0.15, 0.2) is 24.5 Å². The second-order valence-electron chi connectivity index (χ2n) is 12.2. The number of nitrogens with two attached hydrogens (primary N) is 1. The van der Waals surface area contributed by atoms with E-state index in [2.05, 4.69) is 26.1 Å². The van der Waals surface area contributed by atoms with Gasteiger partial charge in [0.1, 0.15) is 11.6 Å². The molecule has 10 nitrogen and oxygen atoms in total. The van der Waals surface area contributed by atoms with Crippen molar-refractivity contribution in [2.45, 2.75) is 30.6 Å².